The van der Waals surface area contributed by atoms with E-state index in [4.69, 9.17) is 0 Å². The standard InChI is InChI=1S/C25H30F3N7O4S/c1-4-40(38,39)35-21-17(8-6-10-29-21)12-30-22-19(25(26,27)28)13-31-24(34-22)32-18-9-5-7-16(11-18)23(37)33-20(14-36)15(2)3/h5-11,13,15,20,36H,4,12,14H2,1-3H3,(H,29,35)(H,33,37)(H2,30,31,32,34)/t20-/m0/s1. The van der Waals surface area contributed by atoms with Gasteiger partial charge in [0.2, 0.25) is 16.0 Å². The van der Waals surface area contributed by atoms with Crippen LogP contribution in [0, 0.1) is 5.92 Å². The minimum Gasteiger partial charge on any atom is -0.394 e. The summed E-state index contributed by atoms with van der Waals surface area (Å²) in [7, 11) is -3.67. The minimum atomic E-state index is -4.78. The molecular formula is C25H30F3N7O4S. The molecule has 0 saturated heterocycles. The van der Waals surface area contributed by atoms with Crippen LogP contribution in [0.4, 0.5) is 36.4 Å². The molecule has 3 rings (SSSR count). The first kappa shape index (κ1) is 30.6. The van der Waals surface area contributed by atoms with Crippen molar-refractivity contribution >= 4 is 39.2 Å². The molecule has 216 valence electrons. The van der Waals surface area contributed by atoms with Gasteiger partial charge in [0.05, 0.1) is 18.4 Å². The lowest BCUT2D eigenvalue weighted by Gasteiger charge is -2.20. The van der Waals surface area contributed by atoms with E-state index in [1.165, 1.54) is 31.3 Å². The number of sulfonamides is 1. The number of hydrogen-bond donors (Lipinski definition) is 5. The summed E-state index contributed by atoms with van der Waals surface area (Å²) in [6.45, 7) is 4.68. The van der Waals surface area contributed by atoms with Crippen LogP contribution in [0.2, 0.25) is 0 Å². The third-order valence-corrected chi connectivity index (χ3v) is 7.03. The van der Waals surface area contributed by atoms with Crippen LogP contribution in [0.3, 0.4) is 0 Å². The van der Waals surface area contributed by atoms with Crippen LogP contribution < -0.4 is 20.7 Å². The van der Waals surface area contributed by atoms with Crippen molar-refractivity contribution in [3.63, 3.8) is 0 Å². The van der Waals surface area contributed by atoms with Gasteiger partial charge in [-0.1, -0.05) is 26.0 Å². The Kier molecular flexibility index (Phi) is 9.87. The van der Waals surface area contributed by atoms with Gasteiger partial charge >= 0.3 is 6.18 Å². The van der Waals surface area contributed by atoms with Gasteiger partial charge in [0.1, 0.15) is 17.2 Å². The smallest absolute Gasteiger partial charge is 0.394 e. The number of carbonyl (C=O) groups excluding carboxylic acids is 1. The van der Waals surface area contributed by atoms with Crippen molar-refractivity contribution in [1.82, 2.24) is 20.3 Å². The van der Waals surface area contributed by atoms with Crippen LogP contribution in [0.5, 0.6) is 0 Å². The van der Waals surface area contributed by atoms with Gasteiger partial charge in [-0.3, -0.25) is 9.52 Å². The Balaban J connectivity index is 1.84. The van der Waals surface area contributed by atoms with E-state index in [1.54, 1.807) is 18.2 Å². The van der Waals surface area contributed by atoms with Crippen LogP contribution in [-0.2, 0) is 22.7 Å². The highest BCUT2D eigenvalue weighted by Crippen LogP contribution is 2.34. The van der Waals surface area contributed by atoms with Gasteiger partial charge in [-0.05, 0) is 37.1 Å². The average molecular weight is 582 g/mol. The molecule has 5 N–H and O–H groups in total. The van der Waals surface area contributed by atoms with Crippen molar-refractivity contribution in [2.45, 2.75) is 39.5 Å². The normalized spacial score (nSPS) is 12.6. The molecule has 0 aliphatic rings. The Morgan fingerprint density at radius 2 is 1.85 bits per heavy atom. The highest BCUT2D eigenvalue weighted by atomic mass is 32.2. The summed E-state index contributed by atoms with van der Waals surface area (Å²) in [4.78, 5) is 24.4. The Morgan fingerprint density at radius 1 is 1.10 bits per heavy atom. The van der Waals surface area contributed by atoms with E-state index in [9.17, 15) is 31.5 Å². The lowest BCUT2D eigenvalue weighted by molar-refractivity contribution is -0.137. The molecule has 0 radical (unpaired) electrons. The second-order valence-corrected chi connectivity index (χ2v) is 11.0. The predicted molar refractivity (Wildman–Crippen MR) is 145 cm³/mol. The zero-order valence-electron chi connectivity index (χ0n) is 22.0. The van der Waals surface area contributed by atoms with Gasteiger partial charge in [0, 0.05) is 35.8 Å². The maximum Gasteiger partial charge on any atom is 0.421 e. The van der Waals surface area contributed by atoms with E-state index < -0.39 is 39.5 Å². The lowest BCUT2D eigenvalue weighted by atomic mass is 10.0. The van der Waals surface area contributed by atoms with Gasteiger partial charge in [0.15, 0.2) is 0 Å². The number of amides is 1. The molecule has 0 spiro atoms. The summed E-state index contributed by atoms with van der Waals surface area (Å²) in [5.41, 5.74) is -0.239. The molecule has 11 nitrogen and oxygen atoms in total. The molecular weight excluding hydrogens is 551 g/mol. The molecule has 1 atom stereocenters. The van der Waals surface area contributed by atoms with Crippen LogP contribution in [-0.4, -0.2) is 52.8 Å². The Morgan fingerprint density at radius 3 is 2.50 bits per heavy atom. The van der Waals surface area contributed by atoms with E-state index in [1.807, 2.05) is 13.8 Å². The maximum absolute atomic E-state index is 13.7. The highest BCUT2D eigenvalue weighted by Gasteiger charge is 2.35. The molecule has 3 aromatic rings. The number of rotatable bonds is 12. The summed E-state index contributed by atoms with van der Waals surface area (Å²) >= 11 is 0. The maximum atomic E-state index is 13.7. The second-order valence-electron chi connectivity index (χ2n) is 9.04. The molecule has 0 unspecified atom stereocenters. The molecule has 40 heavy (non-hydrogen) atoms. The van der Waals surface area contributed by atoms with Crippen LogP contribution in [0.1, 0.15) is 42.3 Å². The van der Waals surface area contributed by atoms with Crippen LogP contribution in [0.15, 0.2) is 48.8 Å². The number of aliphatic hydroxyl groups is 1. The molecule has 0 aliphatic carbocycles. The van der Waals surface area contributed by atoms with Gasteiger partial charge < -0.3 is 21.1 Å². The van der Waals surface area contributed by atoms with Crippen molar-refractivity contribution in [2.75, 3.05) is 27.7 Å². The van der Waals surface area contributed by atoms with Gasteiger partial charge in [0.25, 0.3) is 5.91 Å². The monoisotopic (exact) mass is 581 g/mol. The molecule has 2 heterocycles. The summed E-state index contributed by atoms with van der Waals surface area (Å²) in [6.07, 6.45) is -2.81. The number of nitrogens with one attached hydrogen (secondary N) is 4. The number of nitrogens with zero attached hydrogens (tertiary/aromatic N) is 3. The zero-order chi connectivity index (χ0) is 29.5. The van der Waals surface area contributed by atoms with Crippen molar-refractivity contribution in [3.05, 3.63) is 65.5 Å². The Hall–Kier alpha value is -3.98. The fourth-order valence-electron chi connectivity index (χ4n) is 3.40. The molecule has 2 aromatic heterocycles. The number of carbonyl (C=O) groups is 1. The van der Waals surface area contributed by atoms with Gasteiger partial charge in [-0.15, -0.1) is 0 Å². The first-order valence-corrected chi connectivity index (χ1v) is 13.9. The molecule has 0 bridgehead atoms. The van der Waals surface area contributed by atoms with Crippen molar-refractivity contribution in [3.8, 4) is 0 Å². The largest absolute Gasteiger partial charge is 0.421 e. The average Bonchev–Trinajstić information content (AvgIpc) is 2.90. The van der Waals surface area contributed by atoms with Crippen molar-refractivity contribution in [2.24, 2.45) is 5.92 Å². The second kappa shape index (κ2) is 12.9. The quantitative estimate of drug-likeness (QED) is 0.215. The van der Waals surface area contributed by atoms with Crippen molar-refractivity contribution in [1.29, 1.82) is 0 Å². The fourth-order valence-corrected chi connectivity index (χ4v) is 4.02. The number of hydrogen-bond acceptors (Lipinski definition) is 9. The number of pyridine rings is 1. The highest BCUT2D eigenvalue weighted by molar-refractivity contribution is 7.92. The Labute approximate surface area is 229 Å². The van der Waals surface area contributed by atoms with Crippen LogP contribution in [0.25, 0.3) is 0 Å². The summed E-state index contributed by atoms with van der Waals surface area (Å²) in [6, 6.07) is 8.76. The summed E-state index contributed by atoms with van der Waals surface area (Å²) < 4.78 is 67.4. The lowest BCUT2D eigenvalue weighted by Crippen LogP contribution is -2.41. The summed E-state index contributed by atoms with van der Waals surface area (Å²) in [5, 5.41) is 17.6. The topological polar surface area (TPSA) is 158 Å². The molecule has 1 aromatic carbocycles. The number of anilines is 4. The van der Waals surface area contributed by atoms with Crippen molar-refractivity contribution < 1.29 is 31.5 Å². The number of benzene rings is 1. The zero-order valence-corrected chi connectivity index (χ0v) is 22.8. The first-order chi connectivity index (χ1) is 18.8. The van der Waals surface area contributed by atoms with Crippen LogP contribution >= 0.6 is 0 Å². The first-order valence-electron chi connectivity index (χ1n) is 12.2. The van der Waals surface area contributed by atoms with E-state index in [-0.39, 0.29) is 42.2 Å². The van der Waals surface area contributed by atoms with E-state index >= 15 is 0 Å². The predicted octanol–water partition coefficient (Wildman–Crippen LogP) is 3.75. The molecule has 15 heteroatoms. The third-order valence-electron chi connectivity index (χ3n) is 5.76. The van der Waals surface area contributed by atoms with E-state index in [2.05, 4.69) is 35.6 Å². The minimum absolute atomic E-state index is 0.00343. The molecule has 1 amide bonds. The molecule has 0 fully saturated rings. The SMILES string of the molecule is CCS(=O)(=O)Nc1ncccc1CNc1nc(Nc2cccc(C(=O)N[C@@H](CO)C(C)C)c2)ncc1C(F)(F)F. The summed E-state index contributed by atoms with van der Waals surface area (Å²) in [5.74, 6) is -1.39. The number of alkyl halides is 3. The fraction of sp³-hybridized carbons (Fsp3) is 0.360. The van der Waals surface area contributed by atoms with E-state index in [0.717, 1.165) is 0 Å². The molecule has 0 saturated carbocycles. The van der Waals surface area contributed by atoms with Gasteiger partial charge in [-0.2, -0.15) is 18.2 Å². The number of aromatic nitrogens is 3. The van der Waals surface area contributed by atoms with Gasteiger partial charge in [-0.25, -0.2) is 18.4 Å². The third kappa shape index (κ3) is 8.26. The number of halogens is 3. The number of aliphatic hydroxyl groups excluding tert-OH is 1. The Bertz CT molecular complexity index is 1440. The van der Waals surface area contributed by atoms with E-state index in [0.29, 0.717) is 17.4 Å². The molecule has 0 aliphatic heterocycles.